The molecule has 0 bridgehead atoms. The average Bonchev–Trinajstić information content (AvgIpc) is 4.34. The van der Waals surface area contributed by atoms with Gasteiger partial charge in [0, 0.05) is 69.9 Å². The Bertz CT molecular complexity index is 3550. The van der Waals surface area contributed by atoms with Crippen molar-refractivity contribution in [1.29, 1.82) is 0 Å². The molecule has 0 fully saturated rings. The van der Waals surface area contributed by atoms with Crippen molar-refractivity contribution >= 4 is 104 Å². The number of Topliss-reactive ketones (excluding diaryl/α,β-unsaturated/α-hetero) is 1. The van der Waals surface area contributed by atoms with E-state index >= 15 is 0 Å². The molecule has 0 atom stereocenters. The standard InChI is InChI=1S/C24H22N4O2S.C17H15N3O3S.C10H11NO3S.C7H6O3S/c29-15-13-17-6-8-19(9-7-17)27-24-25-14-12-20(28-24)21-10-11-22(31-21)23(30)26-16-18-4-2-1-3-5-18;21-10-8-11-1-3-12(4-2-11)19-17-18-9-7-13(20-17)14-5-6-15(24-14)16(22)23;1-11(2)6-5-7(12)8-3-4-9(15-8)10(13)14;1-4(8)5-2-3-6(11-5)7(9)10/h1-12,14,29H,13,15-16H2,(H,26,30)(H,25,27,28);1-7,9,21H,8,10H2,(H,22,23)(H,18,19,20);3-6H,1-2H3,(H,13,14);2-3H,1H3,(H,9,10)/b;;6-5+;. The number of amides is 1. The van der Waals surface area contributed by atoms with E-state index in [0.717, 1.165) is 66.2 Å². The minimum atomic E-state index is -1.00. The van der Waals surface area contributed by atoms with Gasteiger partial charge in [-0.05, 0) is 121 Å². The Balaban J connectivity index is 0.000000187. The number of ketones is 2. The number of thiophene rings is 4. The summed E-state index contributed by atoms with van der Waals surface area (Å²) in [6.07, 6.45) is 7.62. The Hall–Kier alpha value is -9.10. The predicted molar refractivity (Wildman–Crippen MR) is 316 cm³/mol. The molecule has 0 unspecified atom stereocenters. The largest absolute Gasteiger partial charge is 0.477 e. The van der Waals surface area contributed by atoms with Gasteiger partial charge in [0.15, 0.2) is 11.6 Å². The molecule has 9 aromatic rings. The third kappa shape index (κ3) is 19.6. The first-order valence-electron chi connectivity index (χ1n) is 24.4. The second kappa shape index (κ2) is 30.9. The zero-order chi connectivity index (χ0) is 58.3. The summed E-state index contributed by atoms with van der Waals surface area (Å²) in [6, 6.07) is 41.8. The van der Waals surface area contributed by atoms with Crippen LogP contribution in [0.2, 0.25) is 0 Å². The maximum absolute atomic E-state index is 12.5. The van der Waals surface area contributed by atoms with E-state index in [-0.39, 0.29) is 45.3 Å². The molecule has 6 aromatic heterocycles. The highest BCUT2D eigenvalue weighted by molar-refractivity contribution is 7.18. The minimum absolute atomic E-state index is 0.0949. The summed E-state index contributed by atoms with van der Waals surface area (Å²) in [4.78, 5) is 89.7. The van der Waals surface area contributed by atoms with Crippen molar-refractivity contribution in [2.24, 2.45) is 0 Å². The summed E-state index contributed by atoms with van der Waals surface area (Å²) >= 11 is 4.56. The van der Waals surface area contributed by atoms with Crippen LogP contribution in [0.3, 0.4) is 0 Å². The van der Waals surface area contributed by atoms with E-state index in [4.69, 9.17) is 25.5 Å². The monoisotopic (exact) mass is 1170 g/mol. The molecular weight excluding hydrogens is 1110 g/mol. The minimum Gasteiger partial charge on any atom is -0.477 e. The molecule has 0 aliphatic carbocycles. The number of aromatic nitrogens is 4. The zero-order valence-corrected chi connectivity index (χ0v) is 46.9. The number of carboxylic acids is 3. The molecule has 1 amide bonds. The number of rotatable bonds is 20. The van der Waals surface area contributed by atoms with Gasteiger partial charge in [0.2, 0.25) is 11.9 Å². The number of nitrogens with one attached hydrogen (secondary N) is 3. The zero-order valence-electron chi connectivity index (χ0n) is 43.7. The number of nitrogens with zero attached hydrogens (tertiary/aromatic N) is 5. The summed E-state index contributed by atoms with van der Waals surface area (Å²) < 4.78 is 0. The van der Waals surface area contributed by atoms with Crippen LogP contribution in [-0.2, 0) is 19.4 Å². The van der Waals surface area contributed by atoms with E-state index in [1.165, 1.54) is 59.9 Å². The van der Waals surface area contributed by atoms with E-state index in [9.17, 15) is 28.8 Å². The van der Waals surface area contributed by atoms with Crippen molar-refractivity contribution in [3.8, 4) is 21.1 Å². The summed E-state index contributed by atoms with van der Waals surface area (Å²) in [5.74, 6) is -2.39. The molecule has 0 saturated carbocycles. The first-order chi connectivity index (χ1) is 39.0. The molecule has 9 rings (SSSR count). The van der Waals surface area contributed by atoms with Crippen molar-refractivity contribution in [2.45, 2.75) is 26.3 Å². The fraction of sp³-hybridized carbons (Fsp3) is 0.138. The number of aliphatic hydroxyl groups is 2. The lowest BCUT2D eigenvalue weighted by molar-refractivity contribution is 0.0691. The Morgan fingerprint density at radius 2 is 0.938 bits per heavy atom. The molecule has 0 saturated heterocycles. The van der Waals surface area contributed by atoms with Gasteiger partial charge in [-0.3, -0.25) is 14.4 Å². The summed E-state index contributed by atoms with van der Waals surface area (Å²) in [6.45, 7) is 2.16. The van der Waals surface area contributed by atoms with Crippen LogP contribution in [-0.4, -0.2) is 113 Å². The van der Waals surface area contributed by atoms with Crippen LogP contribution in [0.5, 0.6) is 0 Å². The molecule has 3 aromatic carbocycles. The smallest absolute Gasteiger partial charge is 0.345 e. The highest BCUT2D eigenvalue weighted by Crippen LogP contribution is 2.29. The fourth-order valence-electron chi connectivity index (χ4n) is 6.72. The number of anilines is 4. The SMILES string of the molecule is CC(=O)c1ccc(C(=O)O)s1.CN(C)/C=C/C(=O)c1ccc(C(=O)O)s1.O=C(NCc1ccccc1)c1ccc(-c2ccnc(Nc3ccc(CCO)cc3)n2)s1.O=C(O)c1ccc(-c2ccnc(Nc3ccc(CCO)cc3)n2)s1. The number of hydrogen-bond acceptors (Lipinski definition) is 19. The molecule has 0 aliphatic rings. The van der Waals surface area contributed by atoms with E-state index < -0.39 is 17.9 Å². The number of carbonyl (C=O) groups is 6. The normalized spacial score (nSPS) is 10.4. The van der Waals surface area contributed by atoms with Crippen molar-refractivity contribution in [3.05, 3.63) is 210 Å². The quantitative estimate of drug-likeness (QED) is 0.0260. The Labute approximate surface area is 481 Å². The van der Waals surface area contributed by atoms with Crippen LogP contribution in [0.1, 0.15) is 81.6 Å². The van der Waals surface area contributed by atoms with E-state index in [0.29, 0.717) is 51.6 Å². The van der Waals surface area contributed by atoms with Gasteiger partial charge in [-0.15, -0.1) is 45.3 Å². The van der Waals surface area contributed by atoms with Gasteiger partial charge in [0.1, 0.15) is 14.6 Å². The van der Waals surface area contributed by atoms with Gasteiger partial charge in [-0.1, -0.05) is 54.6 Å². The number of carbonyl (C=O) groups excluding carboxylic acids is 3. The highest BCUT2D eigenvalue weighted by Gasteiger charge is 2.15. The number of aromatic carboxylic acids is 3. The number of allylic oxidation sites excluding steroid dienone is 1. The van der Waals surface area contributed by atoms with Gasteiger partial charge < -0.3 is 46.4 Å². The van der Waals surface area contributed by atoms with Gasteiger partial charge in [-0.25, -0.2) is 34.3 Å². The molecule has 416 valence electrons. The maximum atomic E-state index is 12.5. The Morgan fingerprint density at radius 3 is 1.37 bits per heavy atom. The van der Waals surface area contributed by atoms with Crippen molar-refractivity contribution in [1.82, 2.24) is 30.2 Å². The second-order valence-corrected chi connectivity index (χ2v) is 21.4. The second-order valence-electron chi connectivity index (χ2n) is 17.1. The Morgan fingerprint density at radius 1 is 0.506 bits per heavy atom. The number of carboxylic acid groups (broad SMARTS) is 3. The van der Waals surface area contributed by atoms with Crippen molar-refractivity contribution in [3.63, 3.8) is 0 Å². The first kappa shape index (κ1) is 61.1. The third-order valence-electron chi connectivity index (χ3n) is 10.7. The predicted octanol–water partition coefficient (Wildman–Crippen LogP) is 10.9. The summed E-state index contributed by atoms with van der Waals surface area (Å²) in [7, 11) is 3.61. The fourth-order valence-corrected chi connectivity index (χ4v) is 9.93. The number of benzene rings is 3. The van der Waals surface area contributed by atoms with E-state index in [1.807, 2.05) is 97.1 Å². The van der Waals surface area contributed by atoms with Crippen LogP contribution in [0.4, 0.5) is 23.3 Å². The van der Waals surface area contributed by atoms with Gasteiger partial charge in [-0.2, -0.15) is 0 Å². The molecule has 8 N–H and O–H groups in total. The molecule has 0 aliphatic heterocycles. The van der Waals surface area contributed by atoms with Crippen LogP contribution in [0.25, 0.3) is 21.1 Å². The van der Waals surface area contributed by atoms with Crippen molar-refractivity contribution < 1.29 is 54.3 Å². The lowest BCUT2D eigenvalue weighted by atomic mass is 10.1. The van der Waals surface area contributed by atoms with Crippen LogP contribution in [0, 0.1) is 0 Å². The molecular formula is C58H54N8O11S4. The van der Waals surface area contributed by atoms with Gasteiger partial charge in [0.25, 0.3) is 5.91 Å². The van der Waals surface area contributed by atoms with Crippen LogP contribution in [0.15, 0.2) is 164 Å². The van der Waals surface area contributed by atoms with E-state index in [1.54, 1.807) is 55.8 Å². The molecule has 81 heavy (non-hydrogen) atoms. The maximum Gasteiger partial charge on any atom is 0.345 e. The molecule has 0 radical (unpaired) electrons. The van der Waals surface area contributed by atoms with E-state index in [2.05, 4.69) is 35.9 Å². The first-order valence-corrected chi connectivity index (χ1v) is 27.7. The average molecular weight is 1170 g/mol. The molecule has 6 heterocycles. The number of hydrogen-bond donors (Lipinski definition) is 8. The van der Waals surface area contributed by atoms with Crippen LogP contribution >= 0.6 is 45.3 Å². The Kier molecular flexibility index (Phi) is 23.3. The topological polar surface area (TPSA) is 294 Å². The lowest BCUT2D eigenvalue weighted by Gasteiger charge is -2.07. The summed E-state index contributed by atoms with van der Waals surface area (Å²) in [5, 5.41) is 53.4. The lowest BCUT2D eigenvalue weighted by Crippen LogP contribution is -2.21. The molecule has 0 spiro atoms. The molecule has 19 nitrogen and oxygen atoms in total. The van der Waals surface area contributed by atoms with Crippen LogP contribution < -0.4 is 16.0 Å². The summed E-state index contributed by atoms with van der Waals surface area (Å²) in [5.41, 5.74) is 6.31. The number of aliphatic hydroxyl groups excluding tert-OH is 2. The van der Waals surface area contributed by atoms with Crippen molar-refractivity contribution in [2.75, 3.05) is 37.9 Å². The van der Waals surface area contributed by atoms with Gasteiger partial charge >= 0.3 is 17.9 Å². The van der Waals surface area contributed by atoms with Gasteiger partial charge in [0.05, 0.1) is 35.8 Å². The highest BCUT2D eigenvalue weighted by atomic mass is 32.1. The molecule has 23 heteroatoms. The third-order valence-corrected chi connectivity index (χ3v) is 15.2.